The van der Waals surface area contributed by atoms with E-state index in [0.29, 0.717) is 23.9 Å². The first-order valence-corrected chi connectivity index (χ1v) is 26.5. The number of likely N-dealkylation sites (N-methyl/N-ethyl adjacent to an activating group) is 1. The number of phosphoric ester groups is 1. The quantitative estimate of drug-likeness (QED) is 0.0212. The van der Waals surface area contributed by atoms with E-state index < -0.39 is 32.5 Å². The van der Waals surface area contributed by atoms with Crippen molar-refractivity contribution in [3.8, 4) is 0 Å². The molecule has 0 aromatic carbocycles. The molecule has 0 aliphatic rings. The topological polar surface area (TPSA) is 108 Å². The van der Waals surface area contributed by atoms with Gasteiger partial charge in [0.05, 0.1) is 27.7 Å². The highest BCUT2D eigenvalue weighted by molar-refractivity contribution is 7.47. The van der Waals surface area contributed by atoms with Gasteiger partial charge < -0.3 is 18.9 Å². The number of ether oxygens (including phenoxy) is 2. The molecule has 0 aliphatic heterocycles. The number of carbonyl (C=O) groups is 2. The first-order valence-electron chi connectivity index (χ1n) is 25.0. The molecule has 0 fully saturated rings. The maximum atomic E-state index is 12.7. The lowest BCUT2D eigenvalue weighted by Crippen LogP contribution is -2.37. The van der Waals surface area contributed by atoms with Crippen LogP contribution in [0, 0.1) is 0 Å². The van der Waals surface area contributed by atoms with Crippen molar-refractivity contribution in [1.82, 2.24) is 0 Å². The minimum absolute atomic E-state index is 0.0149. The third-order valence-corrected chi connectivity index (χ3v) is 11.1. The number of esters is 2. The number of phosphoric acid groups is 1. The fourth-order valence-electron chi connectivity index (χ4n) is 6.23. The van der Waals surface area contributed by atoms with Gasteiger partial charge in [-0.25, -0.2) is 4.57 Å². The van der Waals surface area contributed by atoms with E-state index in [1.807, 2.05) is 27.2 Å². The summed E-state index contributed by atoms with van der Waals surface area (Å²) in [6.45, 7) is 4.22. The molecule has 0 aliphatic carbocycles. The van der Waals surface area contributed by atoms with Crippen LogP contribution in [0.15, 0.2) is 97.2 Å². The lowest BCUT2D eigenvalue weighted by atomic mass is 10.1. The fourth-order valence-corrected chi connectivity index (χ4v) is 6.97. The van der Waals surface area contributed by atoms with Gasteiger partial charge in [0.15, 0.2) is 6.10 Å². The molecule has 0 heterocycles. The molecule has 9 nitrogen and oxygen atoms in total. The summed E-state index contributed by atoms with van der Waals surface area (Å²) >= 11 is 0. The summed E-state index contributed by atoms with van der Waals surface area (Å²) in [6.07, 6.45) is 60.4. The van der Waals surface area contributed by atoms with Crippen molar-refractivity contribution < 1.29 is 42.1 Å². The van der Waals surface area contributed by atoms with Crippen LogP contribution in [0.1, 0.15) is 181 Å². The zero-order valence-corrected chi connectivity index (χ0v) is 42.1. The number of nitrogens with zero attached hydrogens (tertiary/aromatic N) is 1. The summed E-state index contributed by atoms with van der Waals surface area (Å²) in [5.74, 6) is -0.880. The predicted molar refractivity (Wildman–Crippen MR) is 270 cm³/mol. The first kappa shape index (κ1) is 60.9. The van der Waals surface area contributed by atoms with Gasteiger partial charge in [-0.05, 0) is 89.9 Å². The Hall–Kier alpha value is -3.07. The molecule has 0 bridgehead atoms. The van der Waals surface area contributed by atoms with E-state index >= 15 is 0 Å². The average molecular weight is 915 g/mol. The summed E-state index contributed by atoms with van der Waals surface area (Å²) in [7, 11) is 1.42. The minimum atomic E-state index is -4.40. The third kappa shape index (κ3) is 48.4. The second-order valence-corrected chi connectivity index (χ2v) is 18.9. The van der Waals surface area contributed by atoms with Gasteiger partial charge in [0, 0.05) is 12.8 Å². The van der Waals surface area contributed by atoms with Crippen LogP contribution >= 0.6 is 7.82 Å². The molecular weight excluding hydrogens is 822 g/mol. The van der Waals surface area contributed by atoms with Gasteiger partial charge in [0.25, 0.3) is 0 Å². The maximum absolute atomic E-state index is 12.7. The average Bonchev–Trinajstić information content (AvgIpc) is 3.25. The number of allylic oxidation sites excluding steroid dienone is 16. The molecule has 64 heavy (non-hydrogen) atoms. The van der Waals surface area contributed by atoms with Crippen LogP contribution in [0.25, 0.3) is 0 Å². The Balaban J connectivity index is 4.42. The second kappa shape index (κ2) is 45.1. The van der Waals surface area contributed by atoms with E-state index in [9.17, 15) is 19.0 Å². The summed E-state index contributed by atoms with van der Waals surface area (Å²) < 4.78 is 34.3. The summed E-state index contributed by atoms with van der Waals surface area (Å²) in [5, 5.41) is 0. The van der Waals surface area contributed by atoms with E-state index in [1.54, 1.807) is 0 Å². The normalized spacial score (nSPS) is 14.3. The number of hydrogen-bond acceptors (Lipinski definition) is 7. The van der Waals surface area contributed by atoms with Gasteiger partial charge in [0.2, 0.25) is 0 Å². The molecule has 0 amide bonds. The Bertz CT molecular complexity index is 1400. The minimum Gasteiger partial charge on any atom is -0.462 e. The third-order valence-electron chi connectivity index (χ3n) is 10.1. The molecule has 0 aromatic heterocycles. The SMILES string of the molecule is CC/C=C\C/C=C\C/C=C\C/C=C\C/C=C\C/C=C\C/C=C\CCCC(=O)OC(COC(=O)CCCCCCCCC/C=C\CCCCCCCC)COP(=O)(O)OCC[N+](C)(C)C. The molecule has 0 radical (unpaired) electrons. The Morgan fingerprint density at radius 1 is 0.500 bits per heavy atom. The van der Waals surface area contributed by atoms with Gasteiger partial charge in [-0.1, -0.05) is 175 Å². The largest absolute Gasteiger partial charge is 0.472 e. The zero-order chi connectivity index (χ0) is 47.1. The number of rotatable bonds is 44. The summed E-state index contributed by atoms with van der Waals surface area (Å²) in [5.41, 5.74) is 0. The van der Waals surface area contributed by atoms with Crippen molar-refractivity contribution in [2.45, 2.75) is 187 Å². The summed E-state index contributed by atoms with van der Waals surface area (Å²) in [6, 6.07) is 0. The summed E-state index contributed by atoms with van der Waals surface area (Å²) in [4.78, 5) is 35.5. The van der Waals surface area contributed by atoms with Crippen LogP contribution in [0.4, 0.5) is 0 Å². The Morgan fingerprint density at radius 3 is 1.39 bits per heavy atom. The monoisotopic (exact) mass is 915 g/mol. The van der Waals surface area contributed by atoms with E-state index in [-0.39, 0.29) is 26.1 Å². The molecule has 0 spiro atoms. The van der Waals surface area contributed by atoms with E-state index in [0.717, 1.165) is 77.0 Å². The zero-order valence-electron chi connectivity index (χ0n) is 41.2. The highest BCUT2D eigenvalue weighted by Gasteiger charge is 2.27. The first-order chi connectivity index (χ1) is 31.0. The van der Waals surface area contributed by atoms with Crippen molar-refractivity contribution in [1.29, 1.82) is 0 Å². The van der Waals surface area contributed by atoms with Crippen molar-refractivity contribution in [3.63, 3.8) is 0 Å². The maximum Gasteiger partial charge on any atom is 0.472 e. The second-order valence-electron chi connectivity index (χ2n) is 17.5. The molecule has 0 aromatic rings. The van der Waals surface area contributed by atoms with Crippen molar-refractivity contribution in [2.24, 2.45) is 0 Å². The Kier molecular flexibility index (Phi) is 42.9. The Labute approximate surface area is 392 Å². The van der Waals surface area contributed by atoms with Crippen molar-refractivity contribution in [3.05, 3.63) is 97.2 Å². The Morgan fingerprint density at radius 2 is 0.906 bits per heavy atom. The predicted octanol–water partition coefficient (Wildman–Crippen LogP) is 14.9. The standard InChI is InChI=1S/C54H92NO8P/c1-6-8-10-12-14-16-18-20-22-24-25-26-27-28-29-31-33-35-37-39-41-43-45-47-54(57)63-52(51-62-64(58,59)61-49-48-55(3,4)5)50-60-53(56)46-44-42-40-38-36-34-32-30-23-21-19-17-15-13-11-9-7-2/h8,10,14,16,20-23,25-26,28-29,33,35,39,41,52H,6-7,9,11-13,15,17-19,24,27,30-32,34,36-38,40,42-51H2,1-5H3/p+1/b10-8-,16-14-,22-20-,23-21-,26-25-,29-28-,35-33-,41-39-. The molecule has 0 saturated heterocycles. The fraction of sp³-hybridized carbons (Fsp3) is 0.667. The van der Waals surface area contributed by atoms with Gasteiger partial charge in [-0.15, -0.1) is 0 Å². The lowest BCUT2D eigenvalue weighted by molar-refractivity contribution is -0.870. The number of hydrogen-bond donors (Lipinski definition) is 1. The number of unbranched alkanes of at least 4 members (excludes halogenated alkanes) is 14. The smallest absolute Gasteiger partial charge is 0.462 e. The molecule has 366 valence electrons. The molecule has 2 atom stereocenters. The highest BCUT2D eigenvalue weighted by Crippen LogP contribution is 2.43. The molecular formula is C54H93NO8P+. The van der Waals surface area contributed by atoms with Gasteiger partial charge in [-0.3, -0.25) is 18.6 Å². The van der Waals surface area contributed by atoms with Crippen LogP contribution in [0.2, 0.25) is 0 Å². The lowest BCUT2D eigenvalue weighted by Gasteiger charge is -2.24. The van der Waals surface area contributed by atoms with Crippen LogP contribution in [0.3, 0.4) is 0 Å². The van der Waals surface area contributed by atoms with Gasteiger partial charge in [0.1, 0.15) is 19.8 Å². The van der Waals surface area contributed by atoms with Crippen molar-refractivity contribution in [2.75, 3.05) is 47.5 Å². The van der Waals surface area contributed by atoms with E-state index in [2.05, 4.69) is 105 Å². The van der Waals surface area contributed by atoms with E-state index in [4.69, 9.17) is 18.5 Å². The highest BCUT2D eigenvalue weighted by atomic mass is 31.2. The van der Waals surface area contributed by atoms with Crippen LogP contribution < -0.4 is 0 Å². The van der Waals surface area contributed by atoms with Crippen molar-refractivity contribution >= 4 is 19.8 Å². The number of quaternary nitrogens is 1. The molecule has 1 N–H and O–H groups in total. The van der Waals surface area contributed by atoms with E-state index in [1.165, 1.54) is 64.2 Å². The van der Waals surface area contributed by atoms with Gasteiger partial charge in [-0.2, -0.15) is 0 Å². The molecule has 10 heteroatoms. The molecule has 2 unspecified atom stereocenters. The van der Waals surface area contributed by atoms with Crippen LogP contribution in [-0.4, -0.2) is 74.9 Å². The van der Waals surface area contributed by atoms with Gasteiger partial charge >= 0.3 is 19.8 Å². The molecule has 0 rings (SSSR count). The van der Waals surface area contributed by atoms with Crippen LogP contribution in [0.5, 0.6) is 0 Å². The van der Waals surface area contributed by atoms with Crippen LogP contribution in [-0.2, 0) is 32.7 Å². The number of carbonyl (C=O) groups excluding carboxylic acids is 2. The molecule has 0 saturated carbocycles.